The Kier molecular flexibility index (Phi) is 4.56. The van der Waals surface area contributed by atoms with Gasteiger partial charge in [-0.05, 0) is 24.5 Å². The van der Waals surface area contributed by atoms with E-state index in [0.29, 0.717) is 18.3 Å². The largest absolute Gasteiger partial charge is 0.492 e. The zero-order chi connectivity index (χ0) is 11.3. The van der Waals surface area contributed by atoms with Crippen molar-refractivity contribution in [3.8, 4) is 5.75 Å². The molecule has 0 saturated heterocycles. The summed E-state index contributed by atoms with van der Waals surface area (Å²) in [4.78, 5) is 0. The van der Waals surface area contributed by atoms with Crippen molar-refractivity contribution in [1.29, 1.82) is 0 Å². The van der Waals surface area contributed by atoms with E-state index in [2.05, 4.69) is 13.8 Å². The first kappa shape index (κ1) is 12.0. The number of ether oxygens (including phenoxy) is 1. The molecule has 3 heteroatoms. The number of rotatable bonds is 5. The van der Waals surface area contributed by atoms with Gasteiger partial charge < -0.3 is 10.5 Å². The van der Waals surface area contributed by atoms with Gasteiger partial charge in [-0.1, -0.05) is 19.9 Å². The molecule has 1 unspecified atom stereocenters. The Morgan fingerprint density at radius 2 is 2.13 bits per heavy atom. The van der Waals surface area contributed by atoms with Crippen molar-refractivity contribution >= 4 is 0 Å². The molecule has 0 fully saturated rings. The SMILES string of the molecule is CC(C)CC(N)COc1cccc(F)c1. The van der Waals surface area contributed by atoms with E-state index in [0.717, 1.165) is 6.42 Å². The molecule has 0 saturated carbocycles. The van der Waals surface area contributed by atoms with Crippen molar-refractivity contribution in [3.63, 3.8) is 0 Å². The Balaban J connectivity index is 2.36. The van der Waals surface area contributed by atoms with E-state index in [4.69, 9.17) is 10.5 Å². The lowest BCUT2D eigenvalue weighted by molar-refractivity contribution is 0.270. The highest BCUT2D eigenvalue weighted by Crippen LogP contribution is 2.12. The molecule has 1 atom stereocenters. The van der Waals surface area contributed by atoms with E-state index in [9.17, 15) is 4.39 Å². The van der Waals surface area contributed by atoms with Crippen LogP contribution in [0.15, 0.2) is 24.3 Å². The van der Waals surface area contributed by atoms with Crippen LogP contribution in [-0.4, -0.2) is 12.6 Å². The van der Waals surface area contributed by atoms with Crippen LogP contribution in [-0.2, 0) is 0 Å². The molecule has 15 heavy (non-hydrogen) atoms. The second-order valence-corrected chi connectivity index (χ2v) is 4.16. The molecule has 0 aromatic heterocycles. The van der Waals surface area contributed by atoms with Gasteiger partial charge in [0.2, 0.25) is 0 Å². The zero-order valence-corrected chi connectivity index (χ0v) is 9.24. The molecule has 2 nitrogen and oxygen atoms in total. The highest BCUT2D eigenvalue weighted by atomic mass is 19.1. The molecule has 1 rings (SSSR count). The predicted molar refractivity (Wildman–Crippen MR) is 59.3 cm³/mol. The molecule has 0 bridgehead atoms. The molecule has 0 radical (unpaired) electrons. The normalized spacial score (nSPS) is 12.9. The van der Waals surface area contributed by atoms with Crippen LogP contribution in [0, 0.1) is 11.7 Å². The second kappa shape index (κ2) is 5.71. The highest BCUT2D eigenvalue weighted by Gasteiger charge is 2.06. The van der Waals surface area contributed by atoms with Gasteiger partial charge in [-0.15, -0.1) is 0 Å². The van der Waals surface area contributed by atoms with Crippen LogP contribution in [0.25, 0.3) is 0 Å². The summed E-state index contributed by atoms with van der Waals surface area (Å²) in [6.45, 7) is 4.66. The molecule has 1 aromatic carbocycles. The van der Waals surface area contributed by atoms with Crippen LogP contribution >= 0.6 is 0 Å². The highest BCUT2D eigenvalue weighted by molar-refractivity contribution is 5.22. The van der Waals surface area contributed by atoms with E-state index in [1.54, 1.807) is 12.1 Å². The fourth-order valence-corrected chi connectivity index (χ4v) is 1.43. The van der Waals surface area contributed by atoms with Crippen molar-refractivity contribution in [2.75, 3.05) is 6.61 Å². The van der Waals surface area contributed by atoms with E-state index in [1.807, 2.05) is 0 Å². The summed E-state index contributed by atoms with van der Waals surface area (Å²) < 4.78 is 18.2. The van der Waals surface area contributed by atoms with Crippen molar-refractivity contribution in [2.45, 2.75) is 26.3 Å². The maximum absolute atomic E-state index is 12.8. The van der Waals surface area contributed by atoms with Crippen molar-refractivity contribution in [2.24, 2.45) is 11.7 Å². The Labute approximate surface area is 90.2 Å². The third-order valence-electron chi connectivity index (χ3n) is 2.03. The first-order valence-electron chi connectivity index (χ1n) is 5.22. The van der Waals surface area contributed by atoms with Gasteiger partial charge in [-0.3, -0.25) is 0 Å². The maximum Gasteiger partial charge on any atom is 0.126 e. The summed E-state index contributed by atoms with van der Waals surface area (Å²) in [5, 5.41) is 0. The van der Waals surface area contributed by atoms with Gasteiger partial charge in [0, 0.05) is 12.1 Å². The molecule has 0 heterocycles. The summed E-state index contributed by atoms with van der Waals surface area (Å²) in [5.74, 6) is 0.801. The molecule has 0 amide bonds. The maximum atomic E-state index is 12.8. The first-order chi connectivity index (χ1) is 7.08. The molecule has 0 aliphatic rings. The third kappa shape index (κ3) is 4.79. The molecule has 0 aliphatic carbocycles. The number of hydrogen-bond acceptors (Lipinski definition) is 2. The van der Waals surface area contributed by atoms with Crippen LogP contribution in [0.5, 0.6) is 5.75 Å². The lowest BCUT2D eigenvalue weighted by atomic mass is 10.1. The van der Waals surface area contributed by atoms with Crippen LogP contribution in [0.1, 0.15) is 20.3 Å². The van der Waals surface area contributed by atoms with Gasteiger partial charge in [-0.25, -0.2) is 4.39 Å². The van der Waals surface area contributed by atoms with E-state index >= 15 is 0 Å². The molecule has 1 aromatic rings. The molecule has 0 aliphatic heterocycles. The Morgan fingerprint density at radius 3 is 2.73 bits per heavy atom. The number of benzene rings is 1. The fraction of sp³-hybridized carbons (Fsp3) is 0.500. The molecule has 84 valence electrons. The summed E-state index contributed by atoms with van der Waals surface area (Å²) in [6.07, 6.45) is 0.912. The molecule has 2 N–H and O–H groups in total. The Morgan fingerprint density at radius 1 is 1.40 bits per heavy atom. The lowest BCUT2D eigenvalue weighted by Gasteiger charge is -2.14. The van der Waals surface area contributed by atoms with E-state index in [-0.39, 0.29) is 11.9 Å². The van der Waals surface area contributed by atoms with E-state index < -0.39 is 0 Å². The van der Waals surface area contributed by atoms with Crippen LogP contribution in [0.4, 0.5) is 4.39 Å². The lowest BCUT2D eigenvalue weighted by Crippen LogP contribution is -2.29. The summed E-state index contributed by atoms with van der Waals surface area (Å²) in [5.41, 5.74) is 5.84. The predicted octanol–water partition coefficient (Wildman–Crippen LogP) is 2.58. The molecular formula is C12H18FNO. The number of halogens is 1. The fourth-order valence-electron chi connectivity index (χ4n) is 1.43. The van der Waals surface area contributed by atoms with Crippen LogP contribution < -0.4 is 10.5 Å². The number of hydrogen-bond donors (Lipinski definition) is 1. The Bertz CT molecular complexity index is 301. The second-order valence-electron chi connectivity index (χ2n) is 4.16. The van der Waals surface area contributed by atoms with Gasteiger partial charge in [-0.2, -0.15) is 0 Å². The van der Waals surface area contributed by atoms with Gasteiger partial charge in [0.05, 0.1) is 0 Å². The van der Waals surface area contributed by atoms with Crippen LogP contribution in [0.3, 0.4) is 0 Å². The average Bonchev–Trinajstić information content (AvgIpc) is 2.14. The summed E-state index contributed by atoms with van der Waals surface area (Å²) >= 11 is 0. The van der Waals surface area contributed by atoms with Gasteiger partial charge in [0.1, 0.15) is 18.2 Å². The van der Waals surface area contributed by atoms with Crippen LogP contribution in [0.2, 0.25) is 0 Å². The summed E-state index contributed by atoms with van der Waals surface area (Å²) in [6, 6.07) is 6.11. The average molecular weight is 211 g/mol. The first-order valence-corrected chi connectivity index (χ1v) is 5.22. The monoisotopic (exact) mass is 211 g/mol. The zero-order valence-electron chi connectivity index (χ0n) is 9.24. The quantitative estimate of drug-likeness (QED) is 0.812. The summed E-state index contributed by atoms with van der Waals surface area (Å²) in [7, 11) is 0. The van der Waals surface area contributed by atoms with Crippen molar-refractivity contribution in [3.05, 3.63) is 30.1 Å². The number of nitrogens with two attached hydrogens (primary N) is 1. The topological polar surface area (TPSA) is 35.2 Å². The standard InChI is InChI=1S/C12H18FNO/c1-9(2)6-11(14)8-15-12-5-3-4-10(13)7-12/h3-5,7,9,11H,6,8,14H2,1-2H3. The van der Waals surface area contributed by atoms with Gasteiger partial charge in [0.25, 0.3) is 0 Å². The third-order valence-corrected chi connectivity index (χ3v) is 2.03. The minimum atomic E-state index is -0.287. The molecule has 0 spiro atoms. The van der Waals surface area contributed by atoms with Gasteiger partial charge >= 0.3 is 0 Å². The van der Waals surface area contributed by atoms with Gasteiger partial charge in [0.15, 0.2) is 0 Å². The smallest absolute Gasteiger partial charge is 0.126 e. The molecular weight excluding hydrogens is 193 g/mol. The minimum Gasteiger partial charge on any atom is -0.492 e. The van der Waals surface area contributed by atoms with Crippen molar-refractivity contribution < 1.29 is 9.13 Å². The van der Waals surface area contributed by atoms with E-state index in [1.165, 1.54) is 12.1 Å². The minimum absolute atomic E-state index is 0.00765. The Hall–Kier alpha value is -1.09. The van der Waals surface area contributed by atoms with Crippen molar-refractivity contribution in [1.82, 2.24) is 0 Å².